The average molecular weight is 286 g/mol. The third-order valence-corrected chi connectivity index (χ3v) is 4.29. The molecule has 0 spiro atoms. The lowest BCUT2D eigenvalue weighted by molar-refractivity contribution is 0.114. The molecule has 118 valence electrons. The van der Waals surface area contributed by atoms with Crippen LogP contribution in [0.4, 0.5) is 4.39 Å². The Balaban J connectivity index is 2.46. The third-order valence-electron chi connectivity index (χ3n) is 4.29. The van der Waals surface area contributed by atoms with E-state index in [9.17, 15) is 4.39 Å². The minimum absolute atomic E-state index is 0.00332. The minimum atomic E-state index is -0.993. The number of ether oxygens (including phenoxy) is 2. The molecule has 0 amide bonds. The van der Waals surface area contributed by atoms with E-state index in [0.717, 1.165) is 25.7 Å². The van der Waals surface area contributed by atoms with Gasteiger partial charge in [0.15, 0.2) is 6.17 Å². The van der Waals surface area contributed by atoms with Crippen LogP contribution in [0.5, 0.6) is 0 Å². The fraction of sp³-hybridized carbons (Fsp3) is 0.882. The lowest BCUT2D eigenvalue weighted by Gasteiger charge is -2.19. The van der Waals surface area contributed by atoms with Crippen molar-refractivity contribution in [2.45, 2.75) is 78.7 Å². The Morgan fingerprint density at radius 3 is 2.50 bits per heavy atom. The molecule has 0 bridgehead atoms. The fourth-order valence-corrected chi connectivity index (χ4v) is 2.23. The number of alkyl halides is 1. The molecule has 2 nitrogen and oxygen atoms in total. The van der Waals surface area contributed by atoms with Gasteiger partial charge in [-0.15, -0.1) is 0 Å². The quantitative estimate of drug-likeness (QED) is 0.421. The van der Waals surface area contributed by atoms with Gasteiger partial charge in [-0.2, -0.15) is 0 Å². The summed E-state index contributed by atoms with van der Waals surface area (Å²) in [5.74, 6) is 1.07. The molecule has 2 unspecified atom stereocenters. The second-order valence-electron chi connectivity index (χ2n) is 6.02. The van der Waals surface area contributed by atoms with E-state index >= 15 is 0 Å². The molecule has 0 saturated carbocycles. The highest BCUT2D eigenvalue weighted by molar-refractivity contribution is 5.03. The number of halogens is 1. The number of allylic oxidation sites excluding steroid dienone is 2. The van der Waals surface area contributed by atoms with Gasteiger partial charge in [0, 0.05) is 0 Å². The summed E-state index contributed by atoms with van der Waals surface area (Å²) in [5, 5.41) is 0. The minimum Gasteiger partial charge on any atom is -0.492 e. The number of unbranched alkanes of at least 4 members (excludes halogenated alkanes) is 1. The van der Waals surface area contributed by atoms with Gasteiger partial charge in [-0.3, -0.25) is 0 Å². The van der Waals surface area contributed by atoms with Crippen LogP contribution in [0.25, 0.3) is 0 Å². The molecular weight excluding hydrogens is 255 g/mol. The Bertz CT molecular complexity index is 303. The van der Waals surface area contributed by atoms with Gasteiger partial charge in [-0.25, -0.2) is 4.39 Å². The van der Waals surface area contributed by atoms with Crippen molar-refractivity contribution in [3.8, 4) is 0 Å². The van der Waals surface area contributed by atoms with Crippen molar-refractivity contribution >= 4 is 0 Å². The monoisotopic (exact) mass is 286 g/mol. The maximum atomic E-state index is 14.3. The summed E-state index contributed by atoms with van der Waals surface area (Å²) >= 11 is 0. The van der Waals surface area contributed by atoms with Crippen LogP contribution in [0, 0.1) is 11.8 Å². The molecule has 5 atom stereocenters. The topological polar surface area (TPSA) is 21.8 Å². The molecule has 1 aliphatic rings. The van der Waals surface area contributed by atoms with E-state index in [1.165, 1.54) is 0 Å². The van der Waals surface area contributed by atoms with E-state index in [1.54, 1.807) is 0 Å². The van der Waals surface area contributed by atoms with Crippen molar-refractivity contribution in [2.24, 2.45) is 11.8 Å². The molecule has 1 fully saturated rings. The fourth-order valence-electron chi connectivity index (χ4n) is 2.23. The average Bonchev–Trinajstić information content (AvgIpc) is 3.24. The lowest BCUT2D eigenvalue weighted by atomic mass is 10.0. The first-order valence-corrected chi connectivity index (χ1v) is 8.17. The first-order chi connectivity index (χ1) is 9.54. The number of rotatable bonds is 10. The second-order valence-corrected chi connectivity index (χ2v) is 6.02. The van der Waals surface area contributed by atoms with Gasteiger partial charge < -0.3 is 9.47 Å². The Kier molecular flexibility index (Phi) is 7.57. The van der Waals surface area contributed by atoms with Crippen molar-refractivity contribution in [1.29, 1.82) is 0 Å². The Morgan fingerprint density at radius 1 is 1.25 bits per heavy atom. The van der Waals surface area contributed by atoms with Crippen molar-refractivity contribution in [3.63, 3.8) is 0 Å². The van der Waals surface area contributed by atoms with Crippen LogP contribution in [0.1, 0.15) is 60.3 Å². The zero-order valence-corrected chi connectivity index (χ0v) is 13.7. The van der Waals surface area contributed by atoms with Crippen LogP contribution >= 0.6 is 0 Å². The van der Waals surface area contributed by atoms with Crippen LogP contribution in [-0.4, -0.2) is 25.0 Å². The number of hydrogen-bond acceptors (Lipinski definition) is 2. The van der Waals surface area contributed by atoms with Crippen LogP contribution in [-0.2, 0) is 9.47 Å². The van der Waals surface area contributed by atoms with Crippen molar-refractivity contribution in [1.82, 2.24) is 0 Å². The Hall–Kier alpha value is -0.570. The summed E-state index contributed by atoms with van der Waals surface area (Å²) in [4.78, 5) is 0. The molecule has 1 heterocycles. The molecule has 0 aliphatic carbocycles. The number of epoxide rings is 1. The van der Waals surface area contributed by atoms with E-state index in [1.807, 2.05) is 19.9 Å². The molecule has 1 aliphatic heterocycles. The highest BCUT2D eigenvalue weighted by Gasteiger charge is 2.43. The highest BCUT2D eigenvalue weighted by Crippen LogP contribution is 2.32. The van der Waals surface area contributed by atoms with E-state index in [4.69, 9.17) is 9.47 Å². The molecule has 0 aromatic rings. The lowest BCUT2D eigenvalue weighted by Crippen LogP contribution is -2.19. The van der Waals surface area contributed by atoms with Crippen molar-refractivity contribution < 1.29 is 13.9 Å². The van der Waals surface area contributed by atoms with Crippen molar-refractivity contribution in [2.75, 3.05) is 6.61 Å². The van der Waals surface area contributed by atoms with E-state index in [-0.39, 0.29) is 12.0 Å². The molecule has 3 heteroatoms. The summed E-state index contributed by atoms with van der Waals surface area (Å²) in [6.07, 6.45) is 5.18. The van der Waals surface area contributed by atoms with Crippen LogP contribution in [0.2, 0.25) is 0 Å². The molecule has 0 radical (unpaired) electrons. The maximum absolute atomic E-state index is 14.3. The second kappa shape index (κ2) is 8.66. The zero-order valence-electron chi connectivity index (χ0n) is 13.7. The molecule has 1 saturated heterocycles. The molecular formula is C17H31FO2. The summed E-state index contributed by atoms with van der Waals surface area (Å²) in [7, 11) is 0. The van der Waals surface area contributed by atoms with E-state index < -0.39 is 6.17 Å². The van der Waals surface area contributed by atoms with Crippen LogP contribution in [0.3, 0.4) is 0 Å². The normalized spacial score (nSPS) is 27.0. The zero-order chi connectivity index (χ0) is 15.1. The Labute approximate surface area is 123 Å². The molecule has 20 heavy (non-hydrogen) atoms. The predicted octanol–water partition coefficient (Wildman–Crippen LogP) is 4.88. The van der Waals surface area contributed by atoms with Gasteiger partial charge in [-0.1, -0.05) is 53.9 Å². The summed E-state index contributed by atoms with van der Waals surface area (Å²) in [6, 6.07) is 0. The number of hydrogen-bond donors (Lipinski definition) is 0. The summed E-state index contributed by atoms with van der Waals surface area (Å²) < 4.78 is 25.7. The first-order valence-electron chi connectivity index (χ1n) is 8.17. The highest BCUT2D eigenvalue weighted by atomic mass is 19.1. The van der Waals surface area contributed by atoms with Gasteiger partial charge in [0.25, 0.3) is 0 Å². The SMILES string of the molecule is CCC/C=C(/OCC1O[C@H]1[C@@H](C)CC)C(F)[C@@H](C)CC. The van der Waals surface area contributed by atoms with Crippen molar-refractivity contribution in [3.05, 3.63) is 11.8 Å². The summed E-state index contributed by atoms with van der Waals surface area (Å²) in [5.41, 5.74) is 0. The largest absolute Gasteiger partial charge is 0.492 e. The molecule has 0 aromatic heterocycles. The van der Waals surface area contributed by atoms with E-state index in [2.05, 4.69) is 20.8 Å². The predicted molar refractivity (Wildman–Crippen MR) is 81.4 cm³/mol. The van der Waals surface area contributed by atoms with Crippen LogP contribution in [0.15, 0.2) is 11.8 Å². The molecule has 0 N–H and O–H groups in total. The molecule has 1 rings (SSSR count). The van der Waals surface area contributed by atoms with Gasteiger partial charge in [-0.05, 0) is 24.3 Å². The first kappa shape index (κ1) is 17.5. The van der Waals surface area contributed by atoms with Gasteiger partial charge in [0.2, 0.25) is 0 Å². The van der Waals surface area contributed by atoms with E-state index in [0.29, 0.717) is 24.4 Å². The smallest absolute Gasteiger partial charge is 0.159 e. The molecule has 0 aromatic carbocycles. The summed E-state index contributed by atoms with van der Waals surface area (Å²) in [6.45, 7) is 10.9. The maximum Gasteiger partial charge on any atom is 0.159 e. The van der Waals surface area contributed by atoms with Crippen LogP contribution < -0.4 is 0 Å². The van der Waals surface area contributed by atoms with Gasteiger partial charge in [0.1, 0.15) is 18.5 Å². The standard InChI is InChI=1S/C17H31FO2/c1-6-9-10-14(16(18)12(4)7-2)19-11-15-17(20-15)13(5)8-3/h10,12-13,15-17H,6-9,11H2,1-5H3/b14-10+/t12-,13-,15?,16?,17-/m0/s1. The van der Waals surface area contributed by atoms with Gasteiger partial charge in [0.05, 0.1) is 6.10 Å². The third kappa shape index (κ3) is 5.08. The van der Waals surface area contributed by atoms with Gasteiger partial charge >= 0.3 is 0 Å². The Morgan fingerprint density at radius 2 is 1.95 bits per heavy atom.